The molecule has 3 N–H and O–H groups in total. The Morgan fingerprint density at radius 3 is 2.24 bits per heavy atom. The van der Waals surface area contributed by atoms with Crippen LogP contribution in [0.2, 0.25) is 5.02 Å². The highest BCUT2D eigenvalue weighted by atomic mass is 35.5. The molecule has 0 aromatic heterocycles. The average Bonchev–Trinajstić information content (AvgIpc) is 2.80. The zero-order chi connectivity index (χ0) is 26.7. The van der Waals surface area contributed by atoms with E-state index in [1.54, 1.807) is 0 Å². The second kappa shape index (κ2) is 9.20. The monoisotopic (exact) mass is 555 g/mol. The number of nitrogens with zero attached hydrogens (tertiary/aromatic N) is 1. The number of amides is 2. The van der Waals surface area contributed by atoms with Gasteiger partial charge in [-0.05, 0) is 86.3 Å². The molecular formula is C25H25ClF3N3O4S. The van der Waals surface area contributed by atoms with Gasteiger partial charge in [0.2, 0.25) is 16.8 Å². The van der Waals surface area contributed by atoms with Crippen molar-refractivity contribution in [2.24, 2.45) is 28.9 Å². The number of hydrogen-bond acceptors (Lipinski definition) is 4. The van der Waals surface area contributed by atoms with Crippen LogP contribution in [0.15, 0.2) is 42.5 Å². The lowest BCUT2D eigenvalue weighted by Crippen LogP contribution is -2.62. The maximum absolute atomic E-state index is 13.2. The van der Waals surface area contributed by atoms with Crippen molar-refractivity contribution in [3.8, 4) is 0 Å². The lowest BCUT2D eigenvalue weighted by Gasteiger charge is -2.58. The summed E-state index contributed by atoms with van der Waals surface area (Å²) in [6.07, 6.45) is -0.716. The van der Waals surface area contributed by atoms with Gasteiger partial charge in [0, 0.05) is 17.0 Å². The van der Waals surface area contributed by atoms with E-state index in [0.717, 1.165) is 35.7 Å². The van der Waals surface area contributed by atoms with Gasteiger partial charge < -0.3 is 11.1 Å². The largest absolute Gasteiger partial charge is 0.417 e. The Hall–Kier alpha value is -2.79. The number of carbonyl (C=O) groups is 2. The molecule has 4 fully saturated rings. The van der Waals surface area contributed by atoms with Gasteiger partial charge in [-0.2, -0.15) is 13.2 Å². The van der Waals surface area contributed by atoms with Crippen molar-refractivity contribution in [2.75, 3.05) is 4.31 Å². The Morgan fingerprint density at radius 2 is 1.68 bits per heavy atom. The summed E-state index contributed by atoms with van der Waals surface area (Å²) in [7, 11) is -3.32. The van der Waals surface area contributed by atoms with Crippen LogP contribution in [-0.2, 0) is 21.9 Å². The van der Waals surface area contributed by atoms with Crippen molar-refractivity contribution in [2.45, 2.75) is 44.3 Å². The van der Waals surface area contributed by atoms with E-state index in [2.05, 4.69) is 5.32 Å². The molecule has 7 nitrogen and oxygen atoms in total. The van der Waals surface area contributed by atoms with E-state index >= 15 is 0 Å². The summed E-state index contributed by atoms with van der Waals surface area (Å²) in [6, 6.07) is 8.38. The van der Waals surface area contributed by atoms with E-state index < -0.39 is 33.1 Å². The van der Waals surface area contributed by atoms with Gasteiger partial charge in [0.05, 0.1) is 22.0 Å². The fourth-order valence-corrected chi connectivity index (χ4v) is 7.69. The normalized spacial score (nSPS) is 28.4. The lowest BCUT2D eigenvalue weighted by molar-refractivity contribution is -0.145. The standard InChI is InChI=1S/C25H25ClF3N3O4S/c26-20-9-18(4-5-19(20)25(27,28)29)32(37(35)36)17-3-1-2-14(8-17)22(33)31-21-15-6-13-7-16(21)12-24(10-13,11-15)23(30)34/h1-5,8-9,13,15-16,21,37H,6-7,10-12H2,(H2,30,34)(H,31,33). The third-order valence-corrected chi connectivity index (χ3v) is 9.21. The molecule has 4 aliphatic carbocycles. The molecular weight excluding hydrogens is 531 g/mol. The molecule has 0 saturated heterocycles. The summed E-state index contributed by atoms with van der Waals surface area (Å²) >= 11 is 5.79. The van der Waals surface area contributed by atoms with Gasteiger partial charge in [0.1, 0.15) is 0 Å². The van der Waals surface area contributed by atoms with Gasteiger partial charge >= 0.3 is 6.18 Å². The maximum Gasteiger partial charge on any atom is 0.417 e. The zero-order valence-electron chi connectivity index (χ0n) is 19.5. The Bertz CT molecular complexity index is 1320. The molecule has 2 aromatic rings. The molecule has 4 bridgehead atoms. The molecule has 4 aliphatic rings. The van der Waals surface area contributed by atoms with Crippen LogP contribution in [-0.4, -0.2) is 26.3 Å². The second-order valence-electron chi connectivity index (χ2n) is 10.4. The fraction of sp³-hybridized carbons (Fsp3) is 0.440. The minimum absolute atomic E-state index is 0.0809. The van der Waals surface area contributed by atoms with E-state index in [1.165, 1.54) is 24.3 Å². The summed E-state index contributed by atoms with van der Waals surface area (Å²) < 4.78 is 64.3. The van der Waals surface area contributed by atoms with Gasteiger partial charge in [0.15, 0.2) is 0 Å². The first-order valence-corrected chi connectivity index (χ1v) is 13.4. The van der Waals surface area contributed by atoms with Gasteiger partial charge in [-0.25, -0.2) is 12.7 Å². The van der Waals surface area contributed by atoms with E-state index in [-0.39, 0.29) is 46.6 Å². The summed E-state index contributed by atoms with van der Waals surface area (Å²) in [5.74, 6) is 0.0677. The third kappa shape index (κ3) is 4.67. The molecule has 2 atom stereocenters. The molecule has 2 amide bonds. The summed E-state index contributed by atoms with van der Waals surface area (Å²) in [5.41, 5.74) is 4.37. The van der Waals surface area contributed by atoms with E-state index in [4.69, 9.17) is 17.3 Å². The number of thiol groups is 1. The van der Waals surface area contributed by atoms with Crippen molar-refractivity contribution in [3.63, 3.8) is 0 Å². The molecule has 0 heterocycles. The van der Waals surface area contributed by atoms with Crippen molar-refractivity contribution >= 4 is 45.7 Å². The highest BCUT2D eigenvalue weighted by molar-refractivity contribution is 7.74. The molecule has 6 rings (SSSR count). The van der Waals surface area contributed by atoms with E-state index in [1.807, 2.05) is 0 Å². The van der Waals surface area contributed by atoms with Gasteiger partial charge in [-0.1, -0.05) is 17.7 Å². The first-order chi connectivity index (χ1) is 17.4. The molecule has 37 heavy (non-hydrogen) atoms. The molecule has 198 valence electrons. The molecule has 0 radical (unpaired) electrons. The van der Waals surface area contributed by atoms with Crippen LogP contribution >= 0.6 is 11.6 Å². The van der Waals surface area contributed by atoms with Crippen LogP contribution in [0, 0.1) is 23.2 Å². The number of carbonyl (C=O) groups excluding carboxylic acids is 2. The first kappa shape index (κ1) is 25.8. The number of halogens is 4. The van der Waals surface area contributed by atoms with Crippen molar-refractivity contribution in [1.82, 2.24) is 5.32 Å². The highest BCUT2D eigenvalue weighted by Crippen LogP contribution is 2.60. The smallest absolute Gasteiger partial charge is 0.369 e. The van der Waals surface area contributed by atoms with Crippen molar-refractivity contribution in [3.05, 3.63) is 58.6 Å². The Kier molecular flexibility index (Phi) is 6.42. The predicted molar refractivity (Wildman–Crippen MR) is 132 cm³/mol. The molecule has 2 unspecified atom stereocenters. The number of anilines is 2. The van der Waals surface area contributed by atoms with E-state index in [0.29, 0.717) is 24.8 Å². The third-order valence-electron chi connectivity index (χ3n) is 8.11. The van der Waals surface area contributed by atoms with Gasteiger partial charge in [-0.15, -0.1) is 0 Å². The van der Waals surface area contributed by atoms with Gasteiger partial charge in [-0.3, -0.25) is 9.59 Å². The topological polar surface area (TPSA) is 110 Å². The average molecular weight is 556 g/mol. The number of hydrogen-bond donors (Lipinski definition) is 3. The van der Waals surface area contributed by atoms with Crippen LogP contribution in [0.5, 0.6) is 0 Å². The maximum atomic E-state index is 13.2. The Balaban J connectivity index is 1.38. The van der Waals surface area contributed by atoms with Crippen LogP contribution in [0.1, 0.15) is 48.0 Å². The molecule has 0 aliphatic heterocycles. The number of primary amides is 1. The number of rotatable bonds is 6. The molecule has 12 heteroatoms. The molecule has 0 spiro atoms. The Morgan fingerprint density at radius 1 is 1.03 bits per heavy atom. The SMILES string of the molecule is NC(=O)C12CC3CC(C1)C(NC(=O)c1cccc(N(c4ccc(C(F)(F)F)c(Cl)c4)[SH](=O)=O)c1)C(C3)C2. The van der Waals surface area contributed by atoms with Crippen LogP contribution in [0.4, 0.5) is 24.5 Å². The van der Waals surface area contributed by atoms with Gasteiger partial charge in [0.25, 0.3) is 5.91 Å². The number of benzene rings is 2. The predicted octanol–water partition coefficient (Wildman–Crippen LogP) is 4.43. The fourth-order valence-electron chi connectivity index (χ4n) is 6.78. The van der Waals surface area contributed by atoms with E-state index in [9.17, 15) is 31.2 Å². The number of nitrogens with two attached hydrogens (primary N) is 1. The first-order valence-electron chi connectivity index (χ1n) is 11.9. The second-order valence-corrected chi connectivity index (χ2v) is 11.7. The van der Waals surface area contributed by atoms with Crippen LogP contribution in [0.25, 0.3) is 0 Å². The zero-order valence-corrected chi connectivity index (χ0v) is 21.2. The summed E-state index contributed by atoms with van der Waals surface area (Å²) in [5, 5.41) is 2.45. The Labute approximate surface area is 218 Å². The minimum Gasteiger partial charge on any atom is -0.369 e. The molecule has 4 saturated carbocycles. The lowest BCUT2D eigenvalue weighted by atomic mass is 9.47. The van der Waals surface area contributed by atoms with Crippen molar-refractivity contribution in [1.29, 1.82) is 0 Å². The van der Waals surface area contributed by atoms with Crippen LogP contribution < -0.4 is 15.4 Å². The minimum atomic E-state index is -4.69. The van der Waals surface area contributed by atoms with Crippen molar-refractivity contribution < 1.29 is 31.2 Å². The highest BCUT2D eigenvalue weighted by Gasteiger charge is 2.58. The number of alkyl halides is 3. The number of nitrogens with one attached hydrogen (secondary N) is 1. The quantitative estimate of drug-likeness (QED) is 0.458. The summed E-state index contributed by atoms with van der Waals surface area (Å²) in [6.45, 7) is 0. The molecule has 2 aromatic carbocycles. The van der Waals surface area contributed by atoms with Crippen LogP contribution in [0.3, 0.4) is 0 Å². The summed E-state index contributed by atoms with van der Waals surface area (Å²) in [4.78, 5) is 25.4.